The second kappa shape index (κ2) is 11.0. The van der Waals surface area contributed by atoms with E-state index in [4.69, 9.17) is 9.47 Å². The summed E-state index contributed by atoms with van der Waals surface area (Å²) in [7, 11) is 3.75. The van der Waals surface area contributed by atoms with Crippen LogP contribution >= 0.6 is 0 Å². The number of hydrogen-bond donors (Lipinski definition) is 1. The van der Waals surface area contributed by atoms with E-state index in [0.717, 1.165) is 12.0 Å². The number of nitrogens with one attached hydrogen (secondary N) is 1. The highest BCUT2D eigenvalue weighted by atomic mass is 16.7. The SMILES string of the molecule is CCCOC(=O)OCc1ccccc1.CNC. The second-order valence-electron chi connectivity index (χ2n) is 3.37. The summed E-state index contributed by atoms with van der Waals surface area (Å²) in [5.41, 5.74) is 0.959. The molecular formula is C13H21NO3. The van der Waals surface area contributed by atoms with Gasteiger partial charge in [-0.25, -0.2) is 4.79 Å². The lowest BCUT2D eigenvalue weighted by atomic mass is 10.2. The molecular weight excluding hydrogens is 218 g/mol. The molecule has 0 atom stereocenters. The Hall–Kier alpha value is -1.55. The topological polar surface area (TPSA) is 47.6 Å². The Morgan fingerprint density at radius 2 is 1.76 bits per heavy atom. The molecule has 1 N–H and O–H groups in total. The molecule has 0 saturated heterocycles. The zero-order valence-electron chi connectivity index (χ0n) is 10.7. The van der Waals surface area contributed by atoms with E-state index < -0.39 is 6.16 Å². The predicted molar refractivity (Wildman–Crippen MR) is 67.9 cm³/mol. The summed E-state index contributed by atoms with van der Waals surface area (Å²) in [5, 5.41) is 2.75. The standard InChI is InChI=1S/C11H14O3.C2H7N/c1-2-8-13-11(12)14-9-10-6-4-3-5-7-10;1-3-2/h3-7H,2,8-9H2,1H3;3H,1-2H3. The van der Waals surface area contributed by atoms with Crippen molar-refractivity contribution in [2.24, 2.45) is 0 Å². The van der Waals surface area contributed by atoms with Crippen LogP contribution in [-0.4, -0.2) is 26.9 Å². The van der Waals surface area contributed by atoms with Gasteiger partial charge in [-0.1, -0.05) is 37.3 Å². The Labute approximate surface area is 103 Å². The lowest BCUT2D eigenvalue weighted by Gasteiger charge is -2.04. The molecule has 0 aromatic heterocycles. The molecule has 0 fully saturated rings. The first-order valence-corrected chi connectivity index (χ1v) is 5.66. The average molecular weight is 239 g/mol. The van der Waals surface area contributed by atoms with Gasteiger partial charge in [-0.05, 0) is 26.1 Å². The van der Waals surface area contributed by atoms with Crippen molar-refractivity contribution < 1.29 is 14.3 Å². The quantitative estimate of drug-likeness (QED) is 0.820. The van der Waals surface area contributed by atoms with E-state index in [2.05, 4.69) is 5.32 Å². The molecule has 0 aliphatic heterocycles. The van der Waals surface area contributed by atoms with Crippen LogP contribution in [0.5, 0.6) is 0 Å². The minimum absolute atomic E-state index is 0.267. The summed E-state index contributed by atoms with van der Waals surface area (Å²) in [6.45, 7) is 2.61. The van der Waals surface area contributed by atoms with Gasteiger partial charge in [0.1, 0.15) is 6.61 Å². The molecule has 0 saturated carbocycles. The van der Waals surface area contributed by atoms with E-state index in [1.54, 1.807) is 0 Å². The molecule has 4 nitrogen and oxygen atoms in total. The van der Waals surface area contributed by atoms with Crippen molar-refractivity contribution >= 4 is 6.16 Å². The van der Waals surface area contributed by atoms with Gasteiger partial charge in [-0.2, -0.15) is 0 Å². The molecule has 1 aromatic carbocycles. The summed E-state index contributed by atoms with van der Waals surface area (Å²) in [4.78, 5) is 10.9. The minimum Gasteiger partial charge on any atom is -0.434 e. The van der Waals surface area contributed by atoms with Gasteiger partial charge in [0.25, 0.3) is 0 Å². The third-order valence-corrected chi connectivity index (χ3v) is 1.62. The van der Waals surface area contributed by atoms with Crippen molar-refractivity contribution in [2.45, 2.75) is 20.0 Å². The van der Waals surface area contributed by atoms with E-state index in [0.29, 0.717) is 6.61 Å². The first-order valence-electron chi connectivity index (χ1n) is 5.66. The largest absolute Gasteiger partial charge is 0.508 e. The molecule has 0 amide bonds. The van der Waals surface area contributed by atoms with Gasteiger partial charge in [0.15, 0.2) is 0 Å². The smallest absolute Gasteiger partial charge is 0.434 e. The lowest BCUT2D eigenvalue weighted by molar-refractivity contribution is 0.0500. The Morgan fingerprint density at radius 1 is 1.18 bits per heavy atom. The van der Waals surface area contributed by atoms with Crippen molar-refractivity contribution in [3.05, 3.63) is 35.9 Å². The molecule has 0 bridgehead atoms. The van der Waals surface area contributed by atoms with Crippen LogP contribution < -0.4 is 5.32 Å². The van der Waals surface area contributed by atoms with Gasteiger partial charge in [-0.3, -0.25) is 0 Å². The molecule has 0 spiro atoms. The number of carbonyl (C=O) groups excluding carboxylic acids is 1. The average Bonchev–Trinajstić information content (AvgIpc) is 2.36. The van der Waals surface area contributed by atoms with Gasteiger partial charge in [-0.15, -0.1) is 0 Å². The first-order chi connectivity index (χ1) is 8.24. The molecule has 0 aliphatic carbocycles. The summed E-state index contributed by atoms with van der Waals surface area (Å²) in [5.74, 6) is 0. The molecule has 1 aromatic rings. The molecule has 4 heteroatoms. The normalized spacial score (nSPS) is 8.88. The monoisotopic (exact) mass is 239 g/mol. The van der Waals surface area contributed by atoms with Crippen LogP contribution in [-0.2, 0) is 16.1 Å². The number of carbonyl (C=O) groups is 1. The van der Waals surface area contributed by atoms with Crippen LogP contribution in [0.4, 0.5) is 4.79 Å². The van der Waals surface area contributed by atoms with Crippen LogP contribution in [0.2, 0.25) is 0 Å². The minimum atomic E-state index is -0.601. The fraction of sp³-hybridized carbons (Fsp3) is 0.462. The summed E-state index contributed by atoms with van der Waals surface area (Å²) in [6, 6.07) is 9.51. The van der Waals surface area contributed by atoms with Crippen molar-refractivity contribution in [3.8, 4) is 0 Å². The Bertz CT molecular complexity index is 288. The Kier molecular flexibility index (Phi) is 9.95. The van der Waals surface area contributed by atoms with E-state index in [-0.39, 0.29) is 6.61 Å². The molecule has 17 heavy (non-hydrogen) atoms. The van der Waals surface area contributed by atoms with Gasteiger partial charge in [0.2, 0.25) is 0 Å². The maximum atomic E-state index is 10.9. The predicted octanol–water partition coefficient (Wildman–Crippen LogP) is 2.59. The van der Waals surface area contributed by atoms with Crippen molar-refractivity contribution in [3.63, 3.8) is 0 Å². The number of rotatable bonds is 4. The molecule has 0 unspecified atom stereocenters. The van der Waals surface area contributed by atoms with Crippen molar-refractivity contribution in [1.29, 1.82) is 0 Å². The highest BCUT2D eigenvalue weighted by Crippen LogP contribution is 2.01. The van der Waals surface area contributed by atoms with Gasteiger partial charge >= 0.3 is 6.16 Å². The van der Waals surface area contributed by atoms with Gasteiger partial charge in [0.05, 0.1) is 6.61 Å². The van der Waals surface area contributed by atoms with Gasteiger partial charge < -0.3 is 14.8 Å². The summed E-state index contributed by atoms with van der Waals surface area (Å²) >= 11 is 0. The van der Waals surface area contributed by atoms with Crippen LogP contribution in [0.15, 0.2) is 30.3 Å². The zero-order chi connectivity index (χ0) is 12.9. The van der Waals surface area contributed by atoms with Crippen LogP contribution in [0.25, 0.3) is 0 Å². The molecule has 96 valence electrons. The van der Waals surface area contributed by atoms with Crippen LogP contribution in [0.1, 0.15) is 18.9 Å². The molecule has 0 radical (unpaired) electrons. The Balaban J connectivity index is 0.000000770. The van der Waals surface area contributed by atoms with Gasteiger partial charge in [0, 0.05) is 0 Å². The second-order valence-corrected chi connectivity index (χ2v) is 3.37. The van der Waals surface area contributed by atoms with E-state index in [9.17, 15) is 4.79 Å². The van der Waals surface area contributed by atoms with E-state index in [1.807, 2.05) is 51.4 Å². The molecule has 0 aliphatic rings. The molecule has 0 heterocycles. The highest BCUT2D eigenvalue weighted by molar-refractivity contribution is 5.59. The van der Waals surface area contributed by atoms with Crippen LogP contribution in [0.3, 0.4) is 0 Å². The maximum absolute atomic E-state index is 10.9. The number of ether oxygens (including phenoxy) is 2. The summed E-state index contributed by atoms with van der Waals surface area (Å²) < 4.78 is 9.62. The Morgan fingerprint density at radius 3 is 2.29 bits per heavy atom. The number of hydrogen-bond acceptors (Lipinski definition) is 4. The third-order valence-electron chi connectivity index (χ3n) is 1.62. The first kappa shape index (κ1) is 15.4. The van der Waals surface area contributed by atoms with Crippen molar-refractivity contribution in [1.82, 2.24) is 5.32 Å². The summed E-state index contributed by atoms with van der Waals surface area (Å²) in [6.07, 6.45) is 0.205. The lowest BCUT2D eigenvalue weighted by Crippen LogP contribution is -2.07. The van der Waals surface area contributed by atoms with Crippen LogP contribution in [0, 0.1) is 0 Å². The van der Waals surface area contributed by atoms with E-state index >= 15 is 0 Å². The third kappa shape index (κ3) is 9.38. The fourth-order valence-corrected chi connectivity index (χ4v) is 0.944. The van der Waals surface area contributed by atoms with Crippen molar-refractivity contribution in [2.75, 3.05) is 20.7 Å². The number of benzene rings is 1. The van der Waals surface area contributed by atoms with E-state index in [1.165, 1.54) is 0 Å². The zero-order valence-corrected chi connectivity index (χ0v) is 10.7. The fourth-order valence-electron chi connectivity index (χ4n) is 0.944. The maximum Gasteiger partial charge on any atom is 0.508 e. The molecule has 1 rings (SSSR count). The highest BCUT2D eigenvalue weighted by Gasteiger charge is 2.02.